The Labute approximate surface area is 118 Å². The fourth-order valence-corrected chi connectivity index (χ4v) is 2.49. The molecular weight excluding hydrogens is 262 g/mol. The number of benzene rings is 1. The predicted octanol–water partition coefficient (Wildman–Crippen LogP) is 2.46. The van der Waals surface area contributed by atoms with Crippen LogP contribution in [0.2, 0.25) is 0 Å². The van der Waals surface area contributed by atoms with E-state index in [-0.39, 0.29) is 12.5 Å². The number of nitrogens with one attached hydrogen (secondary N) is 1. The number of hydrogen-bond donors (Lipinski definition) is 1. The van der Waals surface area contributed by atoms with Crippen LogP contribution in [0, 0.1) is 11.6 Å². The number of halogens is 2. The molecule has 1 saturated heterocycles. The van der Waals surface area contributed by atoms with E-state index in [9.17, 15) is 13.6 Å². The molecule has 110 valence electrons. The molecule has 5 heteroatoms. The van der Waals surface area contributed by atoms with Crippen molar-refractivity contribution < 1.29 is 13.6 Å². The highest BCUT2D eigenvalue weighted by atomic mass is 19.1. The number of carbonyl (C=O) groups excluding carboxylic acids is 1. The number of nitrogens with zero attached hydrogens (tertiary/aromatic N) is 1. The van der Waals surface area contributed by atoms with E-state index in [1.165, 1.54) is 17.0 Å². The average Bonchev–Trinajstić information content (AvgIpc) is 2.92. The van der Waals surface area contributed by atoms with Crippen LogP contribution < -0.4 is 5.32 Å². The summed E-state index contributed by atoms with van der Waals surface area (Å²) >= 11 is 0. The largest absolute Gasteiger partial charge is 0.341 e. The Hall–Kier alpha value is -1.49. The smallest absolute Gasteiger partial charge is 0.222 e. The highest BCUT2D eigenvalue weighted by Gasteiger charge is 2.17. The number of carbonyl (C=O) groups is 1. The number of rotatable bonds is 5. The number of hydrogen-bond acceptors (Lipinski definition) is 2. The summed E-state index contributed by atoms with van der Waals surface area (Å²) in [5, 5.41) is 3.34. The van der Waals surface area contributed by atoms with Gasteiger partial charge in [-0.05, 0) is 31.9 Å². The van der Waals surface area contributed by atoms with E-state index in [0.29, 0.717) is 18.0 Å². The van der Waals surface area contributed by atoms with Crippen LogP contribution >= 0.6 is 0 Å². The van der Waals surface area contributed by atoms with Crippen molar-refractivity contribution in [3.8, 4) is 0 Å². The molecule has 1 N–H and O–H groups in total. The average molecular weight is 282 g/mol. The van der Waals surface area contributed by atoms with Gasteiger partial charge in [0.1, 0.15) is 11.6 Å². The van der Waals surface area contributed by atoms with Gasteiger partial charge in [0.05, 0.1) is 0 Å². The fourth-order valence-electron chi connectivity index (χ4n) is 2.49. The van der Waals surface area contributed by atoms with Crippen molar-refractivity contribution in [1.29, 1.82) is 0 Å². The third-order valence-electron chi connectivity index (χ3n) is 3.72. The monoisotopic (exact) mass is 282 g/mol. The Morgan fingerprint density at radius 2 is 2.25 bits per heavy atom. The first-order valence-electron chi connectivity index (χ1n) is 6.97. The third kappa shape index (κ3) is 4.00. The lowest BCUT2D eigenvalue weighted by atomic mass is 10.1. The molecule has 2 rings (SSSR count). The Bertz CT molecular complexity index is 473. The van der Waals surface area contributed by atoms with Crippen LogP contribution in [0.25, 0.3) is 0 Å². The summed E-state index contributed by atoms with van der Waals surface area (Å²) in [6, 6.07) is 3.86. The van der Waals surface area contributed by atoms with E-state index in [1.807, 2.05) is 0 Å². The van der Waals surface area contributed by atoms with E-state index in [0.717, 1.165) is 31.9 Å². The minimum atomic E-state index is -0.609. The molecule has 1 amide bonds. The first kappa shape index (κ1) is 14.9. The lowest BCUT2D eigenvalue weighted by molar-refractivity contribution is -0.130. The first-order chi connectivity index (χ1) is 9.56. The summed E-state index contributed by atoms with van der Waals surface area (Å²) in [4.78, 5) is 13.5. The van der Waals surface area contributed by atoms with Crippen LogP contribution in [-0.2, 0) is 11.3 Å². The van der Waals surface area contributed by atoms with Crippen LogP contribution in [0.3, 0.4) is 0 Å². The van der Waals surface area contributed by atoms with Crippen LogP contribution in [0.5, 0.6) is 0 Å². The molecule has 1 atom stereocenters. The second kappa shape index (κ2) is 6.79. The minimum Gasteiger partial charge on any atom is -0.341 e. The molecule has 0 saturated carbocycles. The summed E-state index contributed by atoms with van der Waals surface area (Å²) in [7, 11) is 1.65. The second-order valence-corrected chi connectivity index (χ2v) is 5.32. The highest BCUT2D eigenvalue weighted by Crippen LogP contribution is 2.14. The molecule has 1 aromatic rings. The van der Waals surface area contributed by atoms with Crippen LogP contribution in [0.1, 0.15) is 31.2 Å². The quantitative estimate of drug-likeness (QED) is 0.899. The van der Waals surface area contributed by atoms with Crippen molar-refractivity contribution in [3.05, 3.63) is 35.4 Å². The van der Waals surface area contributed by atoms with Crippen molar-refractivity contribution in [2.24, 2.45) is 0 Å². The van der Waals surface area contributed by atoms with Crippen LogP contribution in [0.15, 0.2) is 18.2 Å². The molecule has 1 aromatic carbocycles. The zero-order chi connectivity index (χ0) is 14.5. The molecule has 0 radical (unpaired) electrons. The summed E-state index contributed by atoms with van der Waals surface area (Å²) in [5.74, 6) is -1.22. The van der Waals surface area contributed by atoms with Gasteiger partial charge in [-0.1, -0.05) is 6.07 Å². The van der Waals surface area contributed by atoms with Gasteiger partial charge < -0.3 is 10.2 Å². The van der Waals surface area contributed by atoms with Gasteiger partial charge in [-0.15, -0.1) is 0 Å². The molecule has 1 heterocycles. The molecule has 0 aromatic heterocycles. The van der Waals surface area contributed by atoms with Gasteiger partial charge in [0, 0.05) is 37.7 Å². The van der Waals surface area contributed by atoms with Crippen molar-refractivity contribution in [3.63, 3.8) is 0 Å². The second-order valence-electron chi connectivity index (χ2n) is 5.32. The van der Waals surface area contributed by atoms with E-state index in [4.69, 9.17) is 0 Å². The lowest BCUT2D eigenvalue weighted by Gasteiger charge is -2.19. The maximum atomic E-state index is 13.5. The van der Waals surface area contributed by atoms with E-state index in [2.05, 4.69) is 5.32 Å². The zero-order valence-electron chi connectivity index (χ0n) is 11.7. The molecule has 1 unspecified atom stereocenters. The lowest BCUT2D eigenvalue weighted by Crippen LogP contribution is -2.29. The molecule has 3 nitrogen and oxygen atoms in total. The van der Waals surface area contributed by atoms with Gasteiger partial charge in [-0.3, -0.25) is 4.79 Å². The van der Waals surface area contributed by atoms with Crippen molar-refractivity contribution in [2.75, 3.05) is 13.6 Å². The van der Waals surface area contributed by atoms with E-state index < -0.39 is 11.6 Å². The predicted molar refractivity (Wildman–Crippen MR) is 73.1 cm³/mol. The molecule has 0 spiro atoms. The van der Waals surface area contributed by atoms with Gasteiger partial charge in [0.15, 0.2) is 0 Å². The molecule has 1 fully saturated rings. The summed E-state index contributed by atoms with van der Waals surface area (Å²) < 4.78 is 26.3. The maximum Gasteiger partial charge on any atom is 0.222 e. The van der Waals surface area contributed by atoms with Crippen LogP contribution in [-0.4, -0.2) is 30.4 Å². The van der Waals surface area contributed by atoms with E-state index >= 15 is 0 Å². The van der Waals surface area contributed by atoms with Crippen molar-refractivity contribution in [1.82, 2.24) is 10.2 Å². The Kier molecular flexibility index (Phi) is 5.06. The topological polar surface area (TPSA) is 32.3 Å². The maximum absolute atomic E-state index is 13.5. The van der Waals surface area contributed by atoms with Gasteiger partial charge in [-0.25, -0.2) is 8.78 Å². The Balaban J connectivity index is 1.83. The summed E-state index contributed by atoms with van der Waals surface area (Å²) in [6.45, 7) is 1.19. The van der Waals surface area contributed by atoms with E-state index in [1.54, 1.807) is 7.05 Å². The van der Waals surface area contributed by atoms with Crippen molar-refractivity contribution >= 4 is 5.91 Å². The van der Waals surface area contributed by atoms with Crippen LogP contribution in [0.4, 0.5) is 8.78 Å². The summed E-state index contributed by atoms with van der Waals surface area (Å²) in [6.07, 6.45) is 3.55. The molecule has 0 bridgehead atoms. The SMILES string of the molecule is CN(Cc1ccc(F)cc1F)C(=O)CCC1CCCN1. The number of amides is 1. The van der Waals surface area contributed by atoms with Gasteiger partial charge >= 0.3 is 0 Å². The van der Waals surface area contributed by atoms with Gasteiger partial charge in [0.2, 0.25) is 5.91 Å². The minimum absolute atomic E-state index is 0.0116. The molecule has 20 heavy (non-hydrogen) atoms. The molecule has 1 aliphatic heterocycles. The molecule has 0 aliphatic carbocycles. The summed E-state index contributed by atoms with van der Waals surface area (Å²) in [5.41, 5.74) is 0.334. The Morgan fingerprint density at radius 3 is 2.90 bits per heavy atom. The third-order valence-corrected chi connectivity index (χ3v) is 3.72. The first-order valence-corrected chi connectivity index (χ1v) is 6.97. The van der Waals surface area contributed by atoms with Gasteiger partial charge in [0.25, 0.3) is 0 Å². The standard InChI is InChI=1S/C15H20F2N2O/c1-19(10-11-4-5-12(16)9-14(11)17)15(20)7-6-13-3-2-8-18-13/h4-5,9,13,18H,2-3,6-8,10H2,1H3. The molecular formula is C15H20F2N2O. The highest BCUT2D eigenvalue weighted by molar-refractivity contribution is 5.75. The zero-order valence-corrected chi connectivity index (χ0v) is 11.7. The van der Waals surface area contributed by atoms with Gasteiger partial charge in [-0.2, -0.15) is 0 Å². The molecule has 1 aliphatic rings. The Morgan fingerprint density at radius 1 is 1.45 bits per heavy atom. The van der Waals surface area contributed by atoms with Crippen molar-refractivity contribution in [2.45, 2.75) is 38.3 Å². The fraction of sp³-hybridized carbons (Fsp3) is 0.533. The normalized spacial score (nSPS) is 18.2.